The van der Waals surface area contributed by atoms with Gasteiger partial charge >= 0.3 is 5.97 Å². The predicted octanol–water partition coefficient (Wildman–Crippen LogP) is 2.19. The van der Waals surface area contributed by atoms with Crippen LogP contribution in [-0.4, -0.2) is 19.7 Å². The average molecular weight is 204 g/mol. The van der Waals surface area contributed by atoms with Crippen LogP contribution in [0.5, 0.6) is 5.75 Å². The summed E-state index contributed by atoms with van der Waals surface area (Å²) in [6.07, 6.45) is 1.63. The predicted molar refractivity (Wildman–Crippen MR) is 57.0 cm³/mol. The van der Waals surface area contributed by atoms with Crippen molar-refractivity contribution < 1.29 is 14.3 Å². The van der Waals surface area contributed by atoms with Crippen molar-refractivity contribution in [2.45, 2.75) is 0 Å². The summed E-state index contributed by atoms with van der Waals surface area (Å²) in [6.45, 7) is 3.74. The zero-order chi connectivity index (χ0) is 11.1. The fourth-order valence-electron chi connectivity index (χ4n) is 1.06. The van der Waals surface area contributed by atoms with Crippen LogP contribution in [0.1, 0.15) is 10.4 Å². The van der Waals surface area contributed by atoms with Crippen molar-refractivity contribution in [2.24, 2.45) is 0 Å². The minimum absolute atomic E-state index is 0.331. The molecule has 1 aromatic carbocycles. The van der Waals surface area contributed by atoms with E-state index >= 15 is 0 Å². The SMILES string of the molecule is C=C=CCOc1ccccc1C(=O)OC. The minimum Gasteiger partial charge on any atom is -0.488 e. The normalized spacial score (nSPS) is 8.87. The van der Waals surface area contributed by atoms with Gasteiger partial charge in [0.05, 0.1) is 7.11 Å². The van der Waals surface area contributed by atoms with Gasteiger partial charge in [-0.15, -0.1) is 5.73 Å². The highest BCUT2D eigenvalue weighted by molar-refractivity contribution is 5.92. The Hall–Kier alpha value is -1.99. The van der Waals surface area contributed by atoms with Gasteiger partial charge in [0.15, 0.2) is 0 Å². The summed E-state index contributed by atoms with van der Waals surface area (Å²) in [5.74, 6) is 0.0871. The molecule has 0 saturated heterocycles. The number of para-hydroxylation sites is 1. The maximum Gasteiger partial charge on any atom is 0.341 e. The van der Waals surface area contributed by atoms with E-state index < -0.39 is 5.97 Å². The summed E-state index contributed by atoms with van der Waals surface area (Å²) >= 11 is 0. The van der Waals surface area contributed by atoms with E-state index in [9.17, 15) is 4.79 Å². The smallest absolute Gasteiger partial charge is 0.341 e. The van der Waals surface area contributed by atoms with Gasteiger partial charge in [0, 0.05) is 0 Å². The topological polar surface area (TPSA) is 35.5 Å². The molecule has 0 bridgehead atoms. The van der Waals surface area contributed by atoms with Crippen molar-refractivity contribution in [1.82, 2.24) is 0 Å². The molecule has 1 rings (SSSR count). The Morgan fingerprint density at radius 2 is 2.27 bits per heavy atom. The first kappa shape index (κ1) is 11.1. The first-order valence-electron chi connectivity index (χ1n) is 4.44. The van der Waals surface area contributed by atoms with Gasteiger partial charge in [-0.25, -0.2) is 4.79 Å². The van der Waals surface area contributed by atoms with E-state index in [2.05, 4.69) is 17.0 Å². The first-order chi connectivity index (χ1) is 7.29. The van der Waals surface area contributed by atoms with E-state index in [1.807, 2.05) is 0 Å². The Labute approximate surface area is 88.6 Å². The van der Waals surface area contributed by atoms with Gasteiger partial charge in [-0.3, -0.25) is 0 Å². The monoisotopic (exact) mass is 204 g/mol. The Balaban J connectivity index is 2.85. The second-order valence-corrected chi connectivity index (χ2v) is 2.71. The summed E-state index contributed by atoms with van der Waals surface area (Å²) in [4.78, 5) is 11.3. The highest BCUT2D eigenvalue weighted by Gasteiger charge is 2.11. The van der Waals surface area contributed by atoms with E-state index in [1.165, 1.54) is 7.11 Å². The molecular weight excluding hydrogens is 192 g/mol. The van der Waals surface area contributed by atoms with Gasteiger partial charge in [0.1, 0.15) is 17.9 Å². The van der Waals surface area contributed by atoms with Gasteiger partial charge in [-0.05, 0) is 18.2 Å². The third kappa shape index (κ3) is 3.01. The fraction of sp³-hybridized carbons (Fsp3) is 0.167. The lowest BCUT2D eigenvalue weighted by atomic mass is 10.2. The van der Waals surface area contributed by atoms with Crippen LogP contribution in [0.25, 0.3) is 0 Å². The average Bonchev–Trinajstić information content (AvgIpc) is 2.29. The van der Waals surface area contributed by atoms with Crippen LogP contribution in [0.15, 0.2) is 42.7 Å². The van der Waals surface area contributed by atoms with Crippen molar-refractivity contribution in [3.63, 3.8) is 0 Å². The van der Waals surface area contributed by atoms with E-state index in [0.717, 1.165) is 0 Å². The van der Waals surface area contributed by atoms with E-state index in [-0.39, 0.29) is 0 Å². The van der Waals surface area contributed by atoms with Crippen LogP contribution >= 0.6 is 0 Å². The van der Waals surface area contributed by atoms with Crippen LogP contribution in [0.4, 0.5) is 0 Å². The molecule has 0 saturated carbocycles. The van der Waals surface area contributed by atoms with Gasteiger partial charge in [0.2, 0.25) is 0 Å². The van der Waals surface area contributed by atoms with Gasteiger partial charge in [-0.2, -0.15) is 0 Å². The van der Waals surface area contributed by atoms with Gasteiger partial charge < -0.3 is 9.47 Å². The van der Waals surface area contributed by atoms with Crippen molar-refractivity contribution in [1.29, 1.82) is 0 Å². The summed E-state index contributed by atoms with van der Waals surface area (Å²) < 4.78 is 9.97. The second kappa shape index (κ2) is 5.68. The fourth-order valence-corrected chi connectivity index (χ4v) is 1.06. The van der Waals surface area contributed by atoms with Crippen LogP contribution in [0, 0.1) is 0 Å². The van der Waals surface area contributed by atoms with Crippen molar-refractivity contribution in [2.75, 3.05) is 13.7 Å². The molecule has 0 heterocycles. The number of esters is 1. The minimum atomic E-state index is -0.409. The maximum atomic E-state index is 11.3. The number of carbonyl (C=O) groups excluding carboxylic acids is 1. The highest BCUT2D eigenvalue weighted by atomic mass is 16.5. The lowest BCUT2D eigenvalue weighted by molar-refractivity contribution is 0.0596. The lowest BCUT2D eigenvalue weighted by Gasteiger charge is -2.07. The number of hydrogen-bond donors (Lipinski definition) is 0. The Kier molecular flexibility index (Phi) is 4.20. The van der Waals surface area contributed by atoms with Gasteiger partial charge in [0.25, 0.3) is 0 Å². The number of ether oxygens (including phenoxy) is 2. The van der Waals surface area contributed by atoms with Crippen LogP contribution in [0.2, 0.25) is 0 Å². The Morgan fingerprint density at radius 1 is 1.53 bits per heavy atom. The Bertz CT molecular complexity index is 390. The molecular formula is C12H12O3. The number of carbonyl (C=O) groups is 1. The zero-order valence-corrected chi connectivity index (χ0v) is 8.53. The summed E-state index contributed by atoms with van der Waals surface area (Å²) in [5.41, 5.74) is 3.00. The molecule has 0 aliphatic carbocycles. The maximum absolute atomic E-state index is 11.3. The highest BCUT2D eigenvalue weighted by Crippen LogP contribution is 2.18. The van der Waals surface area contributed by atoms with E-state index in [4.69, 9.17) is 4.74 Å². The molecule has 3 heteroatoms. The van der Waals surface area contributed by atoms with Crippen molar-refractivity contribution in [3.05, 3.63) is 48.2 Å². The molecule has 0 aromatic heterocycles. The Morgan fingerprint density at radius 3 is 2.93 bits per heavy atom. The van der Waals surface area contributed by atoms with E-state index in [1.54, 1.807) is 30.3 Å². The molecule has 0 N–H and O–H groups in total. The molecule has 1 aromatic rings. The molecule has 78 valence electrons. The van der Waals surface area contributed by atoms with Gasteiger partial charge in [-0.1, -0.05) is 18.7 Å². The molecule has 0 radical (unpaired) electrons. The first-order valence-corrected chi connectivity index (χ1v) is 4.44. The largest absolute Gasteiger partial charge is 0.488 e. The standard InChI is InChI=1S/C12H12O3/c1-3-4-9-15-11-8-6-5-7-10(11)12(13)14-2/h4-8H,1,9H2,2H3. The number of rotatable bonds is 4. The van der Waals surface area contributed by atoms with Crippen LogP contribution in [0.3, 0.4) is 0 Å². The summed E-state index contributed by atoms with van der Waals surface area (Å²) in [7, 11) is 1.34. The molecule has 0 aliphatic rings. The summed E-state index contributed by atoms with van der Waals surface area (Å²) in [5, 5.41) is 0. The number of benzene rings is 1. The molecule has 0 unspecified atom stereocenters. The molecule has 0 spiro atoms. The third-order valence-electron chi connectivity index (χ3n) is 1.76. The van der Waals surface area contributed by atoms with E-state index in [0.29, 0.717) is 17.9 Å². The van der Waals surface area contributed by atoms with Crippen molar-refractivity contribution in [3.8, 4) is 5.75 Å². The van der Waals surface area contributed by atoms with Crippen LogP contribution in [-0.2, 0) is 4.74 Å². The lowest BCUT2D eigenvalue weighted by Crippen LogP contribution is -2.05. The van der Waals surface area contributed by atoms with Crippen LogP contribution < -0.4 is 4.74 Å². The third-order valence-corrected chi connectivity index (χ3v) is 1.76. The number of hydrogen-bond acceptors (Lipinski definition) is 3. The molecule has 0 fully saturated rings. The number of methoxy groups -OCH3 is 1. The van der Waals surface area contributed by atoms with Crippen molar-refractivity contribution >= 4 is 5.97 Å². The zero-order valence-electron chi connectivity index (χ0n) is 8.53. The molecule has 0 aliphatic heterocycles. The molecule has 0 amide bonds. The second-order valence-electron chi connectivity index (χ2n) is 2.71. The molecule has 0 atom stereocenters. The summed E-state index contributed by atoms with van der Waals surface area (Å²) in [6, 6.07) is 6.91. The molecule has 3 nitrogen and oxygen atoms in total. The molecule has 15 heavy (non-hydrogen) atoms. The quantitative estimate of drug-likeness (QED) is 0.557.